The number of amides is 1. The van der Waals surface area contributed by atoms with Gasteiger partial charge < -0.3 is 10.6 Å². The first kappa shape index (κ1) is 12.5. The molecule has 1 aliphatic rings. The molecular formula is C12H24N2O. The van der Waals surface area contributed by atoms with E-state index in [2.05, 4.69) is 13.8 Å². The molecule has 1 heterocycles. The van der Waals surface area contributed by atoms with Crippen molar-refractivity contribution in [1.29, 1.82) is 0 Å². The van der Waals surface area contributed by atoms with Gasteiger partial charge in [0.25, 0.3) is 0 Å². The molecule has 0 radical (unpaired) electrons. The van der Waals surface area contributed by atoms with E-state index in [1.54, 1.807) is 0 Å². The fourth-order valence-electron chi connectivity index (χ4n) is 2.25. The summed E-state index contributed by atoms with van der Waals surface area (Å²) in [6.45, 7) is 5.11. The van der Waals surface area contributed by atoms with Crippen molar-refractivity contribution in [1.82, 2.24) is 4.90 Å². The predicted molar refractivity (Wildman–Crippen MR) is 62.5 cm³/mol. The van der Waals surface area contributed by atoms with Crippen LogP contribution in [0.25, 0.3) is 0 Å². The monoisotopic (exact) mass is 212 g/mol. The van der Waals surface area contributed by atoms with Crippen molar-refractivity contribution in [2.45, 2.75) is 64.5 Å². The number of carbonyl (C=O) groups excluding carboxylic acids is 1. The maximum absolute atomic E-state index is 12.1. The van der Waals surface area contributed by atoms with Crippen molar-refractivity contribution in [3.8, 4) is 0 Å². The standard InChI is InChI=1S/C12H24N2O/c1-3-7-11(13)12(15)14-9-6-4-5-8-10(14)2/h10-11H,3-9,13H2,1-2H3/t10?,11-/m0/s1. The van der Waals surface area contributed by atoms with Crippen molar-refractivity contribution in [3.05, 3.63) is 0 Å². The lowest BCUT2D eigenvalue weighted by Crippen LogP contribution is -2.47. The summed E-state index contributed by atoms with van der Waals surface area (Å²) in [4.78, 5) is 14.0. The van der Waals surface area contributed by atoms with Gasteiger partial charge in [0.2, 0.25) is 5.91 Å². The van der Waals surface area contributed by atoms with Crippen molar-refractivity contribution in [2.75, 3.05) is 6.54 Å². The quantitative estimate of drug-likeness (QED) is 0.776. The molecule has 1 rings (SSSR count). The summed E-state index contributed by atoms with van der Waals surface area (Å²) in [7, 11) is 0. The largest absolute Gasteiger partial charge is 0.339 e. The van der Waals surface area contributed by atoms with E-state index >= 15 is 0 Å². The number of rotatable bonds is 3. The number of hydrogen-bond acceptors (Lipinski definition) is 2. The molecule has 0 saturated carbocycles. The van der Waals surface area contributed by atoms with Crippen LogP contribution in [0.2, 0.25) is 0 Å². The number of carbonyl (C=O) groups is 1. The highest BCUT2D eigenvalue weighted by molar-refractivity contribution is 5.81. The zero-order chi connectivity index (χ0) is 11.3. The molecule has 3 nitrogen and oxygen atoms in total. The first-order valence-electron chi connectivity index (χ1n) is 6.23. The lowest BCUT2D eigenvalue weighted by Gasteiger charge is -2.29. The summed E-state index contributed by atoms with van der Waals surface area (Å²) >= 11 is 0. The first-order valence-corrected chi connectivity index (χ1v) is 6.23. The number of nitrogens with zero attached hydrogens (tertiary/aromatic N) is 1. The average molecular weight is 212 g/mol. The van der Waals surface area contributed by atoms with Crippen molar-refractivity contribution in [2.24, 2.45) is 5.73 Å². The summed E-state index contributed by atoms with van der Waals surface area (Å²) in [5.74, 6) is 0.159. The van der Waals surface area contributed by atoms with Crippen LogP contribution in [0.4, 0.5) is 0 Å². The highest BCUT2D eigenvalue weighted by Crippen LogP contribution is 2.17. The van der Waals surface area contributed by atoms with E-state index in [-0.39, 0.29) is 11.9 Å². The van der Waals surface area contributed by atoms with E-state index in [1.165, 1.54) is 12.8 Å². The molecule has 0 aromatic rings. The van der Waals surface area contributed by atoms with Crippen molar-refractivity contribution >= 4 is 5.91 Å². The highest BCUT2D eigenvalue weighted by Gasteiger charge is 2.25. The lowest BCUT2D eigenvalue weighted by atomic mass is 10.1. The molecule has 3 heteroatoms. The summed E-state index contributed by atoms with van der Waals surface area (Å²) in [6, 6.07) is 0.0958. The highest BCUT2D eigenvalue weighted by atomic mass is 16.2. The summed E-state index contributed by atoms with van der Waals surface area (Å²) in [5.41, 5.74) is 5.88. The third-order valence-corrected chi connectivity index (χ3v) is 3.25. The molecule has 0 aliphatic carbocycles. The Morgan fingerprint density at radius 1 is 1.47 bits per heavy atom. The van der Waals surface area contributed by atoms with Crippen LogP contribution in [0.15, 0.2) is 0 Å². The number of likely N-dealkylation sites (tertiary alicyclic amines) is 1. The van der Waals surface area contributed by atoms with Crippen LogP contribution in [0.3, 0.4) is 0 Å². The van der Waals surface area contributed by atoms with Gasteiger partial charge in [-0.05, 0) is 26.2 Å². The van der Waals surface area contributed by atoms with Gasteiger partial charge in [0.15, 0.2) is 0 Å². The molecule has 2 atom stereocenters. The van der Waals surface area contributed by atoms with Gasteiger partial charge in [0, 0.05) is 12.6 Å². The lowest BCUT2D eigenvalue weighted by molar-refractivity contribution is -0.134. The summed E-state index contributed by atoms with van der Waals surface area (Å²) in [6.07, 6.45) is 6.54. The minimum Gasteiger partial charge on any atom is -0.339 e. The molecule has 0 bridgehead atoms. The van der Waals surface area contributed by atoms with Crippen molar-refractivity contribution in [3.63, 3.8) is 0 Å². The van der Waals surface area contributed by atoms with Gasteiger partial charge in [-0.1, -0.05) is 26.2 Å². The molecule has 0 spiro atoms. The van der Waals surface area contributed by atoms with E-state index in [4.69, 9.17) is 5.73 Å². The SMILES string of the molecule is CCC[C@H](N)C(=O)N1CCCCCC1C. The van der Waals surface area contributed by atoms with Gasteiger partial charge in [-0.3, -0.25) is 4.79 Å². The summed E-state index contributed by atoms with van der Waals surface area (Å²) < 4.78 is 0. The maximum Gasteiger partial charge on any atom is 0.239 e. The Morgan fingerprint density at radius 3 is 2.87 bits per heavy atom. The van der Waals surface area contributed by atoms with E-state index in [9.17, 15) is 4.79 Å². The smallest absolute Gasteiger partial charge is 0.239 e. The second-order valence-electron chi connectivity index (χ2n) is 4.63. The van der Waals surface area contributed by atoms with Gasteiger partial charge in [-0.15, -0.1) is 0 Å². The number of nitrogens with two attached hydrogens (primary N) is 1. The third kappa shape index (κ3) is 3.49. The predicted octanol–water partition coefficient (Wildman–Crippen LogP) is 1.90. The zero-order valence-electron chi connectivity index (χ0n) is 10.0. The average Bonchev–Trinajstić information content (AvgIpc) is 2.42. The molecule has 15 heavy (non-hydrogen) atoms. The fraction of sp³-hybridized carbons (Fsp3) is 0.917. The van der Waals surface area contributed by atoms with Gasteiger partial charge in [-0.25, -0.2) is 0 Å². The molecule has 1 aliphatic heterocycles. The normalized spacial score (nSPS) is 24.7. The molecular weight excluding hydrogens is 188 g/mol. The van der Waals surface area contributed by atoms with Crippen LogP contribution < -0.4 is 5.73 Å². The van der Waals surface area contributed by atoms with Gasteiger partial charge in [0.05, 0.1) is 6.04 Å². The Labute approximate surface area is 93.0 Å². The van der Waals surface area contributed by atoms with Crippen LogP contribution in [-0.2, 0) is 4.79 Å². The van der Waals surface area contributed by atoms with Crippen LogP contribution in [0.5, 0.6) is 0 Å². The minimum absolute atomic E-state index is 0.159. The molecule has 0 aromatic heterocycles. The molecule has 88 valence electrons. The molecule has 2 N–H and O–H groups in total. The van der Waals surface area contributed by atoms with Crippen LogP contribution in [-0.4, -0.2) is 29.4 Å². The Balaban J connectivity index is 2.55. The Bertz CT molecular complexity index is 206. The third-order valence-electron chi connectivity index (χ3n) is 3.25. The topological polar surface area (TPSA) is 46.3 Å². The maximum atomic E-state index is 12.1. The Kier molecular flexibility index (Phi) is 5.09. The second kappa shape index (κ2) is 6.11. The van der Waals surface area contributed by atoms with E-state index in [1.807, 2.05) is 4.90 Å². The van der Waals surface area contributed by atoms with Gasteiger partial charge in [0.1, 0.15) is 0 Å². The molecule has 1 saturated heterocycles. The fourth-order valence-corrected chi connectivity index (χ4v) is 2.25. The van der Waals surface area contributed by atoms with Crippen LogP contribution >= 0.6 is 0 Å². The second-order valence-corrected chi connectivity index (χ2v) is 4.63. The minimum atomic E-state index is -0.282. The van der Waals surface area contributed by atoms with Crippen LogP contribution in [0, 0.1) is 0 Å². The molecule has 1 amide bonds. The van der Waals surface area contributed by atoms with Crippen LogP contribution in [0.1, 0.15) is 52.4 Å². The summed E-state index contributed by atoms with van der Waals surface area (Å²) in [5, 5.41) is 0. The molecule has 0 aromatic carbocycles. The van der Waals surface area contributed by atoms with E-state index < -0.39 is 0 Å². The van der Waals surface area contributed by atoms with Crippen molar-refractivity contribution < 1.29 is 4.79 Å². The first-order chi connectivity index (χ1) is 7.16. The zero-order valence-corrected chi connectivity index (χ0v) is 10.0. The van der Waals surface area contributed by atoms with E-state index in [0.29, 0.717) is 6.04 Å². The van der Waals surface area contributed by atoms with Gasteiger partial charge >= 0.3 is 0 Å². The number of hydrogen-bond donors (Lipinski definition) is 1. The van der Waals surface area contributed by atoms with E-state index in [0.717, 1.165) is 32.2 Å². The Morgan fingerprint density at radius 2 is 2.20 bits per heavy atom. The molecule has 1 unspecified atom stereocenters. The molecule has 1 fully saturated rings. The Hall–Kier alpha value is -0.570. The van der Waals surface area contributed by atoms with Gasteiger partial charge in [-0.2, -0.15) is 0 Å².